The lowest BCUT2D eigenvalue weighted by Gasteiger charge is -2.38. The Labute approximate surface area is 117 Å². The Kier molecular flexibility index (Phi) is 7.34. The van der Waals surface area contributed by atoms with E-state index in [-0.39, 0.29) is 11.9 Å². The minimum absolute atomic E-state index is 0.00869. The molecule has 2 N–H and O–H groups in total. The first kappa shape index (κ1) is 16.4. The zero-order chi connectivity index (χ0) is 14.3. The molecular formula is C14H30N4O. The Hall–Kier alpha value is -0.650. The lowest BCUT2D eigenvalue weighted by molar-refractivity contribution is -0.134. The molecule has 1 aliphatic rings. The summed E-state index contributed by atoms with van der Waals surface area (Å²) in [5.41, 5.74) is 5.50. The van der Waals surface area contributed by atoms with Gasteiger partial charge >= 0.3 is 0 Å². The highest BCUT2D eigenvalue weighted by Gasteiger charge is 2.25. The van der Waals surface area contributed by atoms with Crippen molar-refractivity contribution in [2.45, 2.75) is 32.2 Å². The van der Waals surface area contributed by atoms with E-state index in [9.17, 15) is 4.79 Å². The Morgan fingerprint density at radius 2 is 1.79 bits per heavy atom. The Balaban J connectivity index is 2.23. The quantitative estimate of drug-likeness (QED) is 0.672. The third-order valence-corrected chi connectivity index (χ3v) is 3.93. The van der Waals surface area contributed by atoms with E-state index in [1.54, 1.807) is 4.90 Å². The first-order valence-electron chi connectivity index (χ1n) is 7.44. The molecule has 0 aliphatic carbocycles. The molecule has 0 aromatic heterocycles. The van der Waals surface area contributed by atoms with Crippen LogP contribution in [0, 0.1) is 0 Å². The number of amides is 1. The summed E-state index contributed by atoms with van der Waals surface area (Å²) in [5, 5.41) is 0. The van der Waals surface area contributed by atoms with Crippen LogP contribution >= 0.6 is 0 Å². The molecule has 1 atom stereocenters. The van der Waals surface area contributed by atoms with Crippen LogP contribution in [0.25, 0.3) is 0 Å². The molecule has 5 heteroatoms. The van der Waals surface area contributed by atoms with Crippen molar-refractivity contribution in [1.82, 2.24) is 14.7 Å². The van der Waals surface area contributed by atoms with Gasteiger partial charge in [-0.15, -0.1) is 0 Å². The van der Waals surface area contributed by atoms with Crippen molar-refractivity contribution in [2.75, 3.05) is 53.4 Å². The van der Waals surface area contributed by atoms with Gasteiger partial charge in [0, 0.05) is 40.3 Å². The molecule has 1 aliphatic heterocycles. The summed E-state index contributed by atoms with van der Waals surface area (Å²) in [6.07, 6.45) is 3.60. The SMILES string of the molecule is CC(C(=O)N(C)C)N1CCN(CCCCCN)CC1. The summed E-state index contributed by atoms with van der Waals surface area (Å²) in [4.78, 5) is 18.4. The number of rotatable bonds is 7. The van der Waals surface area contributed by atoms with Gasteiger partial charge in [0.1, 0.15) is 0 Å². The molecule has 1 saturated heterocycles. The molecule has 5 nitrogen and oxygen atoms in total. The minimum Gasteiger partial charge on any atom is -0.347 e. The smallest absolute Gasteiger partial charge is 0.239 e. The van der Waals surface area contributed by atoms with Crippen LogP contribution in [0.15, 0.2) is 0 Å². The summed E-state index contributed by atoms with van der Waals surface area (Å²) in [6, 6.07) is 0.00869. The maximum Gasteiger partial charge on any atom is 0.239 e. The van der Waals surface area contributed by atoms with E-state index in [1.807, 2.05) is 21.0 Å². The molecule has 1 rings (SSSR count). The van der Waals surface area contributed by atoms with Gasteiger partial charge in [-0.05, 0) is 32.9 Å². The van der Waals surface area contributed by atoms with Gasteiger partial charge in [0.15, 0.2) is 0 Å². The van der Waals surface area contributed by atoms with E-state index in [0.29, 0.717) is 0 Å². The maximum absolute atomic E-state index is 11.9. The van der Waals surface area contributed by atoms with Crippen molar-refractivity contribution in [3.63, 3.8) is 0 Å². The molecule has 0 bridgehead atoms. The number of carbonyl (C=O) groups is 1. The highest BCUT2D eigenvalue weighted by molar-refractivity contribution is 5.80. The summed E-state index contributed by atoms with van der Waals surface area (Å²) in [5.74, 6) is 0.205. The van der Waals surface area contributed by atoms with E-state index in [1.165, 1.54) is 19.4 Å². The number of likely N-dealkylation sites (N-methyl/N-ethyl adjacent to an activating group) is 1. The van der Waals surface area contributed by atoms with Crippen molar-refractivity contribution in [1.29, 1.82) is 0 Å². The van der Waals surface area contributed by atoms with Gasteiger partial charge in [-0.1, -0.05) is 6.42 Å². The van der Waals surface area contributed by atoms with Gasteiger partial charge in [-0.3, -0.25) is 9.69 Å². The first-order valence-corrected chi connectivity index (χ1v) is 7.44. The highest BCUT2D eigenvalue weighted by atomic mass is 16.2. The lowest BCUT2D eigenvalue weighted by atomic mass is 10.2. The minimum atomic E-state index is 0.00869. The van der Waals surface area contributed by atoms with E-state index in [4.69, 9.17) is 5.73 Å². The van der Waals surface area contributed by atoms with Crippen molar-refractivity contribution in [3.8, 4) is 0 Å². The van der Waals surface area contributed by atoms with Crippen LogP contribution in [0.5, 0.6) is 0 Å². The molecule has 19 heavy (non-hydrogen) atoms. The summed E-state index contributed by atoms with van der Waals surface area (Å²) in [6.45, 7) is 8.14. The van der Waals surface area contributed by atoms with E-state index >= 15 is 0 Å². The number of hydrogen-bond acceptors (Lipinski definition) is 4. The van der Waals surface area contributed by atoms with Crippen LogP contribution in [-0.2, 0) is 4.79 Å². The average molecular weight is 270 g/mol. The van der Waals surface area contributed by atoms with Gasteiger partial charge < -0.3 is 15.5 Å². The summed E-state index contributed by atoms with van der Waals surface area (Å²) in [7, 11) is 3.65. The van der Waals surface area contributed by atoms with Crippen molar-refractivity contribution < 1.29 is 4.79 Å². The molecule has 1 fully saturated rings. The van der Waals surface area contributed by atoms with Crippen LogP contribution in [-0.4, -0.2) is 80.0 Å². The fourth-order valence-electron chi connectivity index (χ4n) is 2.56. The molecule has 0 aromatic rings. The predicted octanol–water partition coefficient (Wildman–Crippen LogP) is 0.210. The standard InChI is InChI=1S/C14H30N4O/c1-13(14(19)16(2)3)18-11-9-17(10-12-18)8-6-4-5-7-15/h13H,4-12,15H2,1-3H3. The van der Waals surface area contributed by atoms with Gasteiger partial charge in [-0.25, -0.2) is 0 Å². The number of hydrogen-bond donors (Lipinski definition) is 1. The zero-order valence-electron chi connectivity index (χ0n) is 12.8. The van der Waals surface area contributed by atoms with Gasteiger partial charge in [0.25, 0.3) is 0 Å². The average Bonchev–Trinajstić information content (AvgIpc) is 2.42. The van der Waals surface area contributed by atoms with E-state index in [2.05, 4.69) is 9.80 Å². The summed E-state index contributed by atoms with van der Waals surface area (Å²) >= 11 is 0. The topological polar surface area (TPSA) is 52.8 Å². The van der Waals surface area contributed by atoms with Crippen LogP contribution in [0.2, 0.25) is 0 Å². The van der Waals surface area contributed by atoms with Crippen LogP contribution in [0.4, 0.5) is 0 Å². The predicted molar refractivity (Wildman–Crippen MR) is 79.1 cm³/mol. The van der Waals surface area contributed by atoms with Crippen LogP contribution < -0.4 is 5.73 Å². The van der Waals surface area contributed by atoms with Crippen molar-refractivity contribution in [2.24, 2.45) is 5.73 Å². The Bertz CT molecular complexity index is 262. The van der Waals surface area contributed by atoms with E-state index < -0.39 is 0 Å². The molecular weight excluding hydrogens is 240 g/mol. The number of nitrogens with two attached hydrogens (primary N) is 1. The molecule has 1 unspecified atom stereocenters. The molecule has 0 radical (unpaired) electrons. The molecule has 0 aromatic carbocycles. The number of nitrogens with zero attached hydrogens (tertiary/aromatic N) is 3. The van der Waals surface area contributed by atoms with Gasteiger partial charge in [-0.2, -0.15) is 0 Å². The van der Waals surface area contributed by atoms with Gasteiger partial charge in [0.05, 0.1) is 6.04 Å². The normalized spacial score (nSPS) is 19.4. The fraction of sp³-hybridized carbons (Fsp3) is 0.929. The van der Waals surface area contributed by atoms with Crippen LogP contribution in [0.1, 0.15) is 26.2 Å². The Morgan fingerprint density at radius 1 is 1.16 bits per heavy atom. The maximum atomic E-state index is 11.9. The molecule has 0 saturated carbocycles. The lowest BCUT2D eigenvalue weighted by Crippen LogP contribution is -2.53. The summed E-state index contributed by atoms with van der Waals surface area (Å²) < 4.78 is 0. The highest BCUT2D eigenvalue weighted by Crippen LogP contribution is 2.09. The second-order valence-corrected chi connectivity index (χ2v) is 5.64. The molecule has 0 spiro atoms. The fourth-order valence-corrected chi connectivity index (χ4v) is 2.56. The molecule has 1 heterocycles. The third kappa shape index (κ3) is 5.47. The number of carbonyl (C=O) groups excluding carboxylic acids is 1. The zero-order valence-corrected chi connectivity index (χ0v) is 12.8. The number of unbranched alkanes of at least 4 members (excludes halogenated alkanes) is 2. The second-order valence-electron chi connectivity index (χ2n) is 5.64. The molecule has 112 valence electrons. The van der Waals surface area contributed by atoms with Crippen LogP contribution in [0.3, 0.4) is 0 Å². The van der Waals surface area contributed by atoms with Crippen molar-refractivity contribution >= 4 is 5.91 Å². The molecule has 1 amide bonds. The largest absolute Gasteiger partial charge is 0.347 e. The first-order chi connectivity index (χ1) is 9.06. The Morgan fingerprint density at radius 3 is 2.32 bits per heavy atom. The second kappa shape index (κ2) is 8.51. The van der Waals surface area contributed by atoms with Gasteiger partial charge in [0.2, 0.25) is 5.91 Å². The van der Waals surface area contributed by atoms with Crippen molar-refractivity contribution in [3.05, 3.63) is 0 Å². The van der Waals surface area contributed by atoms with E-state index in [0.717, 1.165) is 39.1 Å². The number of piperazine rings is 1. The third-order valence-electron chi connectivity index (χ3n) is 3.93. The monoisotopic (exact) mass is 270 g/mol.